The summed E-state index contributed by atoms with van der Waals surface area (Å²) in [5.41, 5.74) is 2.62. The minimum absolute atomic E-state index is 0.104. The van der Waals surface area contributed by atoms with Crippen molar-refractivity contribution < 1.29 is 9.90 Å². The summed E-state index contributed by atoms with van der Waals surface area (Å²) in [5.74, 6) is 0.113. The Hall–Kier alpha value is -2.66. The molecule has 1 fully saturated rings. The molecule has 5 nitrogen and oxygen atoms in total. The molecule has 26 heavy (non-hydrogen) atoms. The van der Waals surface area contributed by atoms with Gasteiger partial charge in [0.2, 0.25) is 0 Å². The summed E-state index contributed by atoms with van der Waals surface area (Å²) >= 11 is 0. The molecule has 1 amide bonds. The summed E-state index contributed by atoms with van der Waals surface area (Å²) in [5, 5.41) is 13.9. The maximum absolute atomic E-state index is 12.9. The van der Waals surface area contributed by atoms with Crippen molar-refractivity contribution in [1.29, 1.82) is 0 Å². The second-order valence-electron chi connectivity index (χ2n) is 6.97. The first kappa shape index (κ1) is 16.8. The van der Waals surface area contributed by atoms with Gasteiger partial charge in [0.05, 0.1) is 17.8 Å². The summed E-state index contributed by atoms with van der Waals surface area (Å²) in [4.78, 5) is 17.3. The van der Waals surface area contributed by atoms with Gasteiger partial charge in [-0.25, -0.2) is 0 Å². The van der Waals surface area contributed by atoms with Gasteiger partial charge in [-0.3, -0.25) is 9.78 Å². The molecule has 3 aromatic rings. The molecule has 2 aromatic heterocycles. The zero-order valence-electron chi connectivity index (χ0n) is 14.8. The van der Waals surface area contributed by atoms with Crippen molar-refractivity contribution in [2.45, 2.75) is 38.5 Å². The van der Waals surface area contributed by atoms with E-state index in [0.29, 0.717) is 18.4 Å². The van der Waals surface area contributed by atoms with E-state index in [4.69, 9.17) is 0 Å². The van der Waals surface area contributed by atoms with Crippen LogP contribution in [0.4, 0.5) is 0 Å². The quantitative estimate of drug-likeness (QED) is 0.743. The Labute approximate surface area is 152 Å². The predicted octanol–water partition coefficient (Wildman–Crippen LogP) is 3.30. The molecule has 4 rings (SSSR count). The topological polar surface area (TPSA) is 67.2 Å². The van der Waals surface area contributed by atoms with E-state index in [1.165, 1.54) is 0 Å². The summed E-state index contributed by atoms with van der Waals surface area (Å²) in [6.07, 6.45) is 4.90. The van der Waals surface area contributed by atoms with Crippen molar-refractivity contribution in [3.8, 4) is 0 Å². The van der Waals surface area contributed by atoms with Crippen molar-refractivity contribution in [2.24, 2.45) is 5.92 Å². The maximum atomic E-state index is 12.9. The van der Waals surface area contributed by atoms with Gasteiger partial charge >= 0.3 is 0 Å². The fourth-order valence-electron chi connectivity index (χ4n) is 3.74. The molecule has 1 atom stereocenters. The third kappa shape index (κ3) is 3.10. The highest BCUT2D eigenvalue weighted by molar-refractivity contribution is 5.98. The van der Waals surface area contributed by atoms with E-state index in [0.717, 1.165) is 23.1 Å². The van der Waals surface area contributed by atoms with Crippen LogP contribution in [0.5, 0.6) is 0 Å². The molecule has 2 heterocycles. The molecule has 5 heteroatoms. The number of benzene rings is 1. The van der Waals surface area contributed by atoms with Crippen LogP contribution in [-0.2, 0) is 6.54 Å². The molecule has 0 saturated heterocycles. The second kappa shape index (κ2) is 6.92. The number of carbonyl (C=O) groups is 1. The van der Waals surface area contributed by atoms with E-state index >= 15 is 0 Å². The number of aromatic nitrogens is 2. The van der Waals surface area contributed by atoms with Gasteiger partial charge in [-0.05, 0) is 62.1 Å². The molecule has 134 valence electrons. The molecular weight excluding hydrogens is 326 g/mol. The molecule has 0 aliphatic heterocycles. The minimum Gasteiger partial charge on any atom is -0.393 e. The molecule has 0 radical (unpaired) electrons. The highest BCUT2D eigenvalue weighted by Gasteiger charge is 2.36. The first-order chi connectivity index (χ1) is 12.7. The van der Waals surface area contributed by atoms with Gasteiger partial charge in [-0.2, -0.15) is 0 Å². The lowest BCUT2D eigenvalue weighted by Crippen LogP contribution is -2.41. The van der Waals surface area contributed by atoms with Gasteiger partial charge < -0.3 is 15.0 Å². The average molecular weight is 349 g/mol. The van der Waals surface area contributed by atoms with E-state index < -0.39 is 0 Å². The number of hydrogen-bond acceptors (Lipinski definition) is 3. The third-order valence-electron chi connectivity index (χ3n) is 5.29. The Kier molecular flexibility index (Phi) is 4.47. The van der Waals surface area contributed by atoms with Crippen molar-refractivity contribution in [2.75, 3.05) is 0 Å². The van der Waals surface area contributed by atoms with Crippen LogP contribution in [0.3, 0.4) is 0 Å². The van der Waals surface area contributed by atoms with Gasteiger partial charge in [0.15, 0.2) is 0 Å². The molecule has 2 N–H and O–H groups in total. The molecule has 1 aliphatic carbocycles. The third-order valence-corrected chi connectivity index (χ3v) is 5.29. The molecule has 1 aromatic carbocycles. The Balaban J connectivity index is 1.58. The number of amides is 1. The monoisotopic (exact) mass is 349 g/mol. The van der Waals surface area contributed by atoms with E-state index in [1.807, 2.05) is 48.7 Å². The van der Waals surface area contributed by atoms with Gasteiger partial charge in [-0.15, -0.1) is 0 Å². The zero-order valence-corrected chi connectivity index (χ0v) is 14.8. The molecular formula is C21H23N3O2. The highest BCUT2D eigenvalue weighted by atomic mass is 16.3. The van der Waals surface area contributed by atoms with Crippen LogP contribution in [-0.4, -0.2) is 26.7 Å². The van der Waals surface area contributed by atoms with E-state index in [1.54, 1.807) is 6.20 Å². The van der Waals surface area contributed by atoms with Gasteiger partial charge in [0, 0.05) is 35.4 Å². The predicted molar refractivity (Wildman–Crippen MR) is 101 cm³/mol. The number of pyridine rings is 1. The number of carbonyl (C=O) groups excluding carboxylic acids is 1. The van der Waals surface area contributed by atoms with Gasteiger partial charge in [0.1, 0.15) is 0 Å². The lowest BCUT2D eigenvalue weighted by molar-refractivity contribution is 0.0228. The normalized spacial score (nSPS) is 20.5. The molecule has 1 saturated carbocycles. The number of aliphatic hydroxyl groups excluding tert-OH is 1. The zero-order chi connectivity index (χ0) is 18.1. The Morgan fingerprint density at radius 3 is 2.85 bits per heavy atom. The van der Waals surface area contributed by atoms with Gasteiger partial charge in [0.25, 0.3) is 5.91 Å². The minimum atomic E-state index is -0.270. The van der Waals surface area contributed by atoms with Crippen LogP contribution in [0.1, 0.15) is 41.9 Å². The Bertz CT molecular complexity index is 913. The smallest absolute Gasteiger partial charge is 0.251 e. The molecule has 0 unspecified atom stereocenters. The van der Waals surface area contributed by atoms with Crippen LogP contribution in [0.15, 0.2) is 54.9 Å². The van der Waals surface area contributed by atoms with Crippen molar-refractivity contribution >= 4 is 16.8 Å². The molecule has 0 bridgehead atoms. The Morgan fingerprint density at radius 1 is 1.31 bits per heavy atom. The summed E-state index contributed by atoms with van der Waals surface area (Å²) in [6.45, 7) is 3.01. The first-order valence-electron chi connectivity index (χ1n) is 9.14. The lowest BCUT2D eigenvalue weighted by atomic mass is 9.76. The fourth-order valence-corrected chi connectivity index (χ4v) is 3.74. The summed E-state index contributed by atoms with van der Waals surface area (Å²) in [6, 6.07) is 13.4. The van der Waals surface area contributed by atoms with E-state index in [9.17, 15) is 9.90 Å². The number of aryl methyl sites for hydroxylation is 1. The number of nitrogens with one attached hydrogen (secondary N) is 1. The van der Waals surface area contributed by atoms with E-state index in [2.05, 4.69) is 21.8 Å². The SMILES string of the molecule is CCn1ccc2cc(C(=O)N[C@@H](c3ccccn3)C3CC(O)C3)ccc21. The van der Waals surface area contributed by atoms with Crippen LogP contribution >= 0.6 is 0 Å². The summed E-state index contributed by atoms with van der Waals surface area (Å²) < 4.78 is 2.16. The van der Waals surface area contributed by atoms with Crippen LogP contribution in [0, 0.1) is 5.92 Å². The summed E-state index contributed by atoms with van der Waals surface area (Å²) in [7, 11) is 0. The van der Waals surface area contributed by atoms with Crippen molar-refractivity contribution in [1.82, 2.24) is 14.9 Å². The fraction of sp³-hybridized carbons (Fsp3) is 0.333. The number of hydrogen-bond donors (Lipinski definition) is 2. The lowest BCUT2D eigenvalue weighted by Gasteiger charge is -2.37. The van der Waals surface area contributed by atoms with Crippen LogP contribution in [0.25, 0.3) is 10.9 Å². The largest absolute Gasteiger partial charge is 0.393 e. The molecule has 1 aliphatic rings. The first-order valence-corrected chi connectivity index (χ1v) is 9.14. The van der Waals surface area contributed by atoms with Crippen molar-refractivity contribution in [3.05, 3.63) is 66.1 Å². The van der Waals surface area contributed by atoms with E-state index in [-0.39, 0.29) is 24.0 Å². The highest BCUT2D eigenvalue weighted by Crippen LogP contribution is 2.37. The van der Waals surface area contributed by atoms with Crippen LogP contribution in [0.2, 0.25) is 0 Å². The van der Waals surface area contributed by atoms with Crippen molar-refractivity contribution in [3.63, 3.8) is 0 Å². The number of fused-ring (bicyclic) bond motifs is 1. The second-order valence-corrected chi connectivity index (χ2v) is 6.97. The Morgan fingerprint density at radius 2 is 2.15 bits per heavy atom. The number of nitrogens with zero attached hydrogens (tertiary/aromatic N) is 2. The maximum Gasteiger partial charge on any atom is 0.251 e. The number of aliphatic hydroxyl groups is 1. The standard InChI is InChI=1S/C21H23N3O2/c1-2-24-10-8-14-11-15(6-7-19(14)24)21(26)23-20(16-12-17(25)13-16)18-5-3-4-9-22-18/h3-11,16-17,20,25H,2,12-13H2,1H3,(H,23,26)/t16?,17?,20-/m1/s1. The van der Waals surface area contributed by atoms with Crippen LogP contribution < -0.4 is 5.32 Å². The number of rotatable bonds is 5. The van der Waals surface area contributed by atoms with Gasteiger partial charge in [-0.1, -0.05) is 6.07 Å². The average Bonchev–Trinajstić information content (AvgIpc) is 3.06. The molecule has 0 spiro atoms.